The molecule has 2 aromatic heterocycles. The highest BCUT2D eigenvalue weighted by atomic mass is 35.5. The summed E-state index contributed by atoms with van der Waals surface area (Å²) in [5.74, 6) is -0.319. The number of nitrogens with zero attached hydrogens (tertiary/aromatic N) is 4. The van der Waals surface area contributed by atoms with Crippen molar-refractivity contribution in [1.29, 1.82) is 0 Å². The number of hydrogen-bond donors (Lipinski definition) is 1. The third kappa shape index (κ3) is 2.83. The molecular formula is C17H12Cl2FN5O. The standard InChI is InChI=1S/C17H12Cl2FN5O/c1-8-16-11(10-6-9(18)2-3-12(10)20)7-15(26)21-17(16)25(24-8)14-5-4-13(19)22-23-14/h2-6,11H,7H2,1H3,(H,21,26)/t11-/m0/s1. The summed E-state index contributed by atoms with van der Waals surface area (Å²) in [6.07, 6.45) is 0.100. The molecule has 0 saturated carbocycles. The maximum atomic E-state index is 14.4. The van der Waals surface area contributed by atoms with Gasteiger partial charge in [-0.15, -0.1) is 10.2 Å². The number of halogens is 3. The molecule has 1 N–H and O–H groups in total. The first-order valence-corrected chi connectivity index (χ1v) is 8.53. The van der Waals surface area contributed by atoms with Gasteiger partial charge in [-0.3, -0.25) is 4.79 Å². The average Bonchev–Trinajstić information content (AvgIpc) is 2.94. The normalized spacial score (nSPS) is 16.3. The number of hydrogen-bond acceptors (Lipinski definition) is 4. The molecule has 1 aliphatic rings. The van der Waals surface area contributed by atoms with Crippen molar-refractivity contribution in [2.75, 3.05) is 5.32 Å². The summed E-state index contributed by atoms with van der Waals surface area (Å²) in [7, 11) is 0. The summed E-state index contributed by atoms with van der Waals surface area (Å²) in [4.78, 5) is 12.3. The first kappa shape index (κ1) is 16.9. The zero-order chi connectivity index (χ0) is 18.4. The highest BCUT2D eigenvalue weighted by Gasteiger charge is 2.34. The highest BCUT2D eigenvalue weighted by Crippen LogP contribution is 2.41. The molecule has 26 heavy (non-hydrogen) atoms. The van der Waals surface area contributed by atoms with Gasteiger partial charge in [0.1, 0.15) is 11.6 Å². The van der Waals surface area contributed by atoms with Gasteiger partial charge in [0, 0.05) is 22.9 Å². The molecule has 1 atom stereocenters. The smallest absolute Gasteiger partial charge is 0.226 e. The van der Waals surface area contributed by atoms with E-state index in [1.165, 1.54) is 16.8 Å². The Hall–Kier alpha value is -2.51. The molecule has 0 bridgehead atoms. The van der Waals surface area contributed by atoms with Crippen LogP contribution in [0.3, 0.4) is 0 Å². The summed E-state index contributed by atoms with van der Waals surface area (Å²) in [5.41, 5.74) is 1.74. The zero-order valence-corrected chi connectivity index (χ0v) is 15.0. The summed E-state index contributed by atoms with van der Waals surface area (Å²) < 4.78 is 15.9. The lowest BCUT2D eigenvalue weighted by molar-refractivity contribution is -0.116. The Morgan fingerprint density at radius 1 is 1.23 bits per heavy atom. The van der Waals surface area contributed by atoms with E-state index in [0.717, 1.165) is 5.56 Å². The van der Waals surface area contributed by atoms with Gasteiger partial charge in [-0.25, -0.2) is 4.39 Å². The molecule has 132 valence electrons. The number of nitrogens with one attached hydrogen (secondary N) is 1. The fraction of sp³-hybridized carbons (Fsp3) is 0.176. The molecule has 0 saturated heterocycles. The van der Waals surface area contributed by atoms with Crippen LogP contribution in [-0.2, 0) is 4.79 Å². The van der Waals surface area contributed by atoms with Crippen molar-refractivity contribution < 1.29 is 9.18 Å². The van der Waals surface area contributed by atoms with Crippen LogP contribution in [0.4, 0.5) is 10.2 Å². The third-order valence-corrected chi connectivity index (χ3v) is 4.71. The molecule has 3 aromatic rings. The van der Waals surface area contributed by atoms with Crippen LogP contribution in [0.25, 0.3) is 5.82 Å². The number of fused-ring (bicyclic) bond motifs is 1. The minimum Gasteiger partial charge on any atom is -0.310 e. The van der Waals surface area contributed by atoms with Crippen LogP contribution in [0, 0.1) is 12.7 Å². The summed E-state index contributed by atoms with van der Waals surface area (Å²) >= 11 is 11.8. The Kier molecular flexibility index (Phi) is 4.13. The fourth-order valence-corrected chi connectivity index (χ4v) is 3.46. The van der Waals surface area contributed by atoms with Crippen LogP contribution >= 0.6 is 23.2 Å². The molecule has 0 aliphatic carbocycles. The maximum absolute atomic E-state index is 14.4. The lowest BCUT2D eigenvalue weighted by atomic mass is 9.85. The lowest BCUT2D eigenvalue weighted by Crippen LogP contribution is -2.25. The molecule has 3 heterocycles. The van der Waals surface area contributed by atoms with Crippen molar-refractivity contribution in [1.82, 2.24) is 20.0 Å². The van der Waals surface area contributed by atoms with Gasteiger partial charge in [-0.1, -0.05) is 23.2 Å². The largest absolute Gasteiger partial charge is 0.310 e. The van der Waals surface area contributed by atoms with Crippen molar-refractivity contribution in [2.45, 2.75) is 19.3 Å². The van der Waals surface area contributed by atoms with Gasteiger partial charge < -0.3 is 5.32 Å². The first-order valence-electron chi connectivity index (χ1n) is 7.78. The first-order chi connectivity index (χ1) is 12.4. The van der Waals surface area contributed by atoms with Gasteiger partial charge in [0.25, 0.3) is 0 Å². The zero-order valence-electron chi connectivity index (χ0n) is 13.5. The van der Waals surface area contributed by atoms with Crippen LogP contribution in [0.5, 0.6) is 0 Å². The average molecular weight is 392 g/mol. The molecule has 4 rings (SSSR count). The van der Waals surface area contributed by atoms with Gasteiger partial charge in [-0.2, -0.15) is 9.78 Å². The fourth-order valence-electron chi connectivity index (χ4n) is 3.18. The Balaban J connectivity index is 1.90. The molecule has 0 unspecified atom stereocenters. The molecule has 0 spiro atoms. The van der Waals surface area contributed by atoms with E-state index in [0.29, 0.717) is 27.9 Å². The summed E-state index contributed by atoms with van der Waals surface area (Å²) in [5, 5.41) is 15.7. The van der Waals surface area contributed by atoms with Crippen molar-refractivity contribution in [2.24, 2.45) is 0 Å². The van der Waals surface area contributed by atoms with E-state index in [1.54, 1.807) is 25.1 Å². The van der Waals surface area contributed by atoms with Gasteiger partial charge in [0.15, 0.2) is 11.0 Å². The predicted octanol–water partition coefficient (Wildman–Crippen LogP) is 3.89. The number of aryl methyl sites for hydroxylation is 1. The van der Waals surface area contributed by atoms with Crippen molar-refractivity contribution in [3.05, 3.63) is 63.1 Å². The second kappa shape index (κ2) is 6.34. The van der Waals surface area contributed by atoms with Crippen molar-refractivity contribution >= 4 is 34.9 Å². The molecule has 0 radical (unpaired) electrons. The van der Waals surface area contributed by atoms with Crippen molar-refractivity contribution in [3.8, 4) is 5.82 Å². The number of anilines is 1. The van der Waals surface area contributed by atoms with Gasteiger partial charge in [0.2, 0.25) is 5.91 Å². The number of amides is 1. The van der Waals surface area contributed by atoms with Crippen LogP contribution < -0.4 is 5.32 Å². The van der Waals surface area contributed by atoms with E-state index >= 15 is 0 Å². The van der Waals surface area contributed by atoms with Gasteiger partial charge in [-0.05, 0) is 42.8 Å². The molecule has 6 nitrogen and oxygen atoms in total. The Labute approximate surface area is 157 Å². The molecule has 1 aliphatic heterocycles. The monoisotopic (exact) mass is 391 g/mol. The van der Waals surface area contributed by atoms with Crippen molar-refractivity contribution in [3.63, 3.8) is 0 Å². The van der Waals surface area contributed by atoms with E-state index in [9.17, 15) is 9.18 Å². The quantitative estimate of drug-likeness (QED) is 0.718. The summed E-state index contributed by atoms with van der Waals surface area (Å²) in [6, 6.07) is 7.53. The van der Waals surface area contributed by atoms with E-state index in [-0.39, 0.29) is 17.5 Å². The molecule has 9 heteroatoms. The van der Waals surface area contributed by atoms with Gasteiger partial charge in [0.05, 0.1) is 5.69 Å². The van der Waals surface area contributed by atoms with Gasteiger partial charge >= 0.3 is 0 Å². The number of carbonyl (C=O) groups is 1. The number of aromatic nitrogens is 4. The van der Waals surface area contributed by atoms with E-state index in [1.807, 2.05) is 0 Å². The summed E-state index contributed by atoms with van der Waals surface area (Å²) in [6.45, 7) is 1.80. The number of rotatable bonds is 2. The van der Waals surface area contributed by atoms with E-state index < -0.39 is 11.7 Å². The van der Waals surface area contributed by atoms with Crippen LogP contribution in [0.15, 0.2) is 30.3 Å². The molecular weight excluding hydrogens is 380 g/mol. The third-order valence-electron chi connectivity index (χ3n) is 4.27. The second-order valence-electron chi connectivity index (χ2n) is 5.94. The van der Waals surface area contributed by atoms with Crippen LogP contribution in [0.1, 0.15) is 29.2 Å². The molecule has 1 aromatic carbocycles. The molecule has 1 amide bonds. The lowest BCUT2D eigenvalue weighted by Gasteiger charge is -2.24. The number of benzene rings is 1. The molecule has 0 fully saturated rings. The topological polar surface area (TPSA) is 72.7 Å². The second-order valence-corrected chi connectivity index (χ2v) is 6.77. The predicted molar refractivity (Wildman–Crippen MR) is 95.4 cm³/mol. The Bertz CT molecular complexity index is 1020. The van der Waals surface area contributed by atoms with E-state index in [4.69, 9.17) is 23.2 Å². The minimum atomic E-state index is -0.494. The Morgan fingerprint density at radius 2 is 2.04 bits per heavy atom. The maximum Gasteiger partial charge on any atom is 0.226 e. The minimum absolute atomic E-state index is 0.100. The Morgan fingerprint density at radius 3 is 2.77 bits per heavy atom. The number of carbonyl (C=O) groups excluding carboxylic acids is 1. The highest BCUT2D eigenvalue weighted by molar-refractivity contribution is 6.30. The van der Waals surface area contributed by atoms with Crippen LogP contribution in [-0.4, -0.2) is 25.9 Å². The SMILES string of the molecule is Cc1nn(-c2ccc(Cl)nn2)c2c1[C@H](c1cc(Cl)ccc1F)CC(=O)N2. The van der Waals surface area contributed by atoms with Crippen LogP contribution in [0.2, 0.25) is 10.2 Å². The van der Waals surface area contributed by atoms with E-state index in [2.05, 4.69) is 20.6 Å².